The summed E-state index contributed by atoms with van der Waals surface area (Å²) in [5, 5.41) is 12.7. The van der Waals surface area contributed by atoms with E-state index in [2.05, 4.69) is 18.8 Å². The number of rotatable bonds is 6. The fourth-order valence-electron chi connectivity index (χ4n) is 5.18. The van der Waals surface area contributed by atoms with Gasteiger partial charge in [-0.15, -0.1) is 0 Å². The van der Waals surface area contributed by atoms with Crippen LogP contribution in [0.3, 0.4) is 0 Å². The average Bonchev–Trinajstić information content (AvgIpc) is 3.62. The van der Waals surface area contributed by atoms with Gasteiger partial charge in [0.2, 0.25) is 5.78 Å². The second-order valence-electron chi connectivity index (χ2n) is 9.69. The number of hydrogen-bond acceptors (Lipinski definition) is 5. The van der Waals surface area contributed by atoms with Gasteiger partial charge in [0, 0.05) is 33.7 Å². The summed E-state index contributed by atoms with van der Waals surface area (Å²) in [6, 6.07) is 21.4. The molecule has 0 aliphatic carbocycles. The standard InChI is InChI=1S/C31H26N2O5/c1-17(2)18-11-13-20(14-12-18)33-27(22-16-32-23-9-5-4-8-21(22)23)26(29(35)31(33)36)28(34)25-15-19-7-6-10-24(37-3)30(19)38-25/h4-17,27,32,35H,1-3H3. The summed E-state index contributed by atoms with van der Waals surface area (Å²) in [5.41, 5.74) is 3.64. The highest BCUT2D eigenvalue weighted by Gasteiger charge is 2.46. The molecule has 38 heavy (non-hydrogen) atoms. The maximum Gasteiger partial charge on any atom is 0.294 e. The van der Waals surface area contributed by atoms with E-state index in [1.54, 1.807) is 24.4 Å². The van der Waals surface area contributed by atoms with E-state index < -0.39 is 23.5 Å². The van der Waals surface area contributed by atoms with Crippen LogP contribution in [0.1, 0.15) is 47.5 Å². The van der Waals surface area contributed by atoms with Crippen LogP contribution in [0.25, 0.3) is 21.9 Å². The minimum atomic E-state index is -0.869. The number of amides is 1. The van der Waals surface area contributed by atoms with E-state index in [4.69, 9.17) is 9.15 Å². The number of aliphatic hydroxyl groups is 1. The largest absolute Gasteiger partial charge is 0.503 e. The Kier molecular flexibility index (Phi) is 5.56. The lowest BCUT2D eigenvalue weighted by Gasteiger charge is -2.26. The molecule has 1 aliphatic heterocycles. The molecule has 3 heterocycles. The summed E-state index contributed by atoms with van der Waals surface area (Å²) in [6.07, 6.45) is 1.78. The number of carbonyl (C=O) groups excluding carboxylic acids is 2. The molecular weight excluding hydrogens is 480 g/mol. The first-order valence-electron chi connectivity index (χ1n) is 12.4. The van der Waals surface area contributed by atoms with Gasteiger partial charge in [-0.3, -0.25) is 14.5 Å². The molecule has 0 fully saturated rings. The van der Waals surface area contributed by atoms with E-state index in [0.29, 0.717) is 33.9 Å². The number of methoxy groups -OCH3 is 1. The molecule has 3 aromatic carbocycles. The Labute approximate surface area is 218 Å². The Bertz CT molecular complexity index is 1740. The van der Waals surface area contributed by atoms with Crippen LogP contribution in [0.5, 0.6) is 5.75 Å². The fourth-order valence-corrected chi connectivity index (χ4v) is 5.18. The van der Waals surface area contributed by atoms with Gasteiger partial charge in [0.15, 0.2) is 22.9 Å². The first kappa shape index (κ1) is 23.6. The molecule has 1 unspecified atom stereocenters. The number of nitrogens with zero attached hydrogens (tertiary/aromatic N) is 1. The first-order chi connectivity index (χ1) is 18.4. The lowest BCUT2D eigenvalue weighted by Crippen LogP contribution is -2.31. The summed E-state index contributed by atoms with van der Waals surface area (Å²) in [6.45, 7) is 4.19. The number of benzene rings is 3. The van der Waals surface area contributed by atoms with Crippen molar-refractivity contribution in [2.45, 2.75) is 25.8 Å². The first-order valence-corrected chi connectivity index (χ1v) is 12.4. The molecule has 0 saturated heterocycles. The zero-order valence-corrected chi connectivity index (χ0v) is 21.2. The molecule has 7 nitrogen and oxygen atoms in total. The number of nitrogens with one attached hydrogen (secondary N) is 1. The van der Waals surface area contributed by atoms with Crippen molar-refractivity contribution in [3.63, 3.8) is 0 Å². The van der Waals surface area contributed by atoms with Crippen molar-refractivity contribution in [1.29, 1.82) is 0 Å². The Morgan fingerprint density at radius 3 is 2.55 bits per heavy atom. The maximum absolute atomic E-state index is 14.0. The predicted molar refractivity (Wildman–Crippen MR) is 146 cm³/mol. The van der Waals surface area contributed by atoms with Crippen LogP contribution < -0.4 is 9.64 Å². The molecule has 5 aromatic rings. The maximum atomic E-state index is 14.0. The molecular formula is C31H26N2O5. The molecule has 6 rings (SSSR count). The van der Waals surface area contributed by atoms with Crippen LogP contribution in [0, 0.1) is 0 Å². The van der Waals surface area contributed by atoms with E-state index >= 15 is 0 Å². The van der Waals surface area contributed by atoms with Crippen LogP contribution in [0.4, 0.5) is 5.69 Å². The molecule has 1 atom stereocenters. The zero-order valence-electron chi connectivity index (χ0n) is 21.2. The Balaban J connectivity index is 1.52. The molecule has 0 radical (unpaired) electrons. The lowest BCUT2D eigenvalue weighted by atomic mass is 9.94. The van der Waals surface area contributed by atoms with Gasteiger partial charge < -0.3 is 19.2 Å². The number of aromatic nitrogens is 1. The van der Waals surface area contributed by atoms with E-state index in [-0.39, 0.29) is 11.3 Å². The zero-order chi connectivity index (χ0) is 26.6. The summed E-state index contributed by atoms with van der Waals surface area (Å²) in [4.78, 5) is 32.3. The predicted octanol–water partition coefficient (Wildman–Crippen LogP) is 6.83. The second-order valence-corrected chi connectivity index (χ2v) is 9.69. The number of aromatic amines is 1. The van der Waals surface area contributed by atoms with Crippen molar-refractivity contribution in [3.8, 4) is 5.75 Å². The summed E-state index contributed by atoms with van der Waals surface area (Å²) < 4.78 is 11.3. The highest BCUT2D eigenvalue weighted by atomic mass is 16.5. The normalized spacial score (nSPS) is 15.8. The minimum Gasteiger partial charge on any atom is -0.503 e. The molecule has 190 valence electrons. The topological polar surface area (TPSA) is 95.8 Å². The van der Waals surface area contributed by atoms with Crippen LogP contribution >= 0.6 is 0 Å². The average molecular weight is 507 g/mol. The number of ether oxygens (including phenoxy) is 1. The van der Waals surface area contributed by atoms with Gasteiger partial charge in [0.25, 0.3) is 5.91 Å². The number of ketones is 1. The fraction of sp³-hybridized carbons (Fsp3) is 0.161. The van der Waals surface area contributed by atoms with Crippen molar-refractivity contribution >= 4 is 39.2 Å². The highest BCUT2D eigenvalue weighted by molar-refractivity contribution is 6.21. The third kappa shape index (κ3) is 3.58. The third-order valence-electron chi connectivity index (χ3n) is 7.16. The SMILES string of the molecule is COc1cccc2cc(C(=O)C3=C(O)C(=O)N(c4ccc(C(C)C)cc4)C3c3c[nH]c4ccccc34)oc12. The molecule has 2 N–H and O–H groups in total. The lowest BCUT2D eigenvalue weighted by molar-refractivity contribution is -0.117. The molecule has 0 bridgehead atoms. The Hall–Kier alpha value is -4.78. The highest BCUT2D eigenvalue weighted by Crippen LogP contribution is 2.44. The van der Waals surface area contributed by atoms with Crippen LogP contribution in [0.15, 0.2) is 94.7 Å². The number of fused-ring (bicyclic) bond motifs is 2. The van der Waals surface area contributed by atoms with E-state index in [1.807, 2.05) is 54.6 Å². The number of H-pyrrole nitrogens is 1. The number of aliphatic hydroxyl groups excluding tert-OH is 1. The molecule has 1 amide bonds. The van der Waals surface area contributed by atoms with Crippen molar-refractivity contribution < 1.29 is 23.8 Å². The summed E-state index contributed by atoms with van der Waals surface area (Å²) in [5.74, 6) is -0.981. The van der Waals surface area contributed by atoms with Gasteiger partial charge >= 0.3 is 0 Å². The number of hydrogen-bond donors (Lipinski definition) is 2. The van der Waals surface area contributed by atoms with Crippen molar-refractivity contribution in [2.75, 3.05) is 12.0 Å². The van der Waals surface area contributed by atoms with Gasteiger partial charge in [0.05, 0.1) is 18.7 Å². The second kappa shape index (κ2) is 8.95. The van der Waals surface area contributed by atoms with Crippen LogP contribution in [-0.4, -0.2) is 28.9 Å². The third-order valence-corrected chi connectivity index (χ3v) is 7.16. The Morgan fingerprint density at radius 1 is 1.05 bits per heavy atom. The summed E-state index contributed by atoms with van der Waals surface area (Å²) >= 11 is 0. The van der Waals surface area contributed by atoms with Crippen LogP contribution in [-0.2, 0) is 4.79 Å². The van der Waals surface area contributed by atoms with Gasteiger partial charge in [-0.05, 0) is 41.8 Å². The van der Waals surface area contributed by atoms with Gasteiger partial charge in [-0.1, -0.05) is 56.3 Å². The van der Waals surface area contributed by atoms with Crippen LogP contribution in [0.2, 0.25) is 0 Å². The number of anilines is 1. The van der Waals surface area contributed by atoms with Gasteiger partial charge in [-0.25, -0.2) is 0 Å². The Morgan fingerprint density at radius 2 is 1.82 bits per heavy atom. The van der Waals surface area contributed by atoms with E-state index in [9.17, 15) is 14.7 Å². The molecule has 2 aromatic heterocycles. The minimum absolute atomic E-state index is 0.0145. The molecule has 1 aliphatic rings. The number of furan rings is 1. The summed E-state index contributed by atoms with van der Waals surface area (Å²) in [7, 11) is 1.53. The number of Topliss-reactive ketones (excluding diaryl/α,β-unsaturated/α-hetero) is 1. The van der Waals surface area contributed by atoms with Crippen molar-refractivity contribution in [2.24, 2.45) is 0 Å². The molecule has 0 spiro atoms. The van der Waals surface area contributed by atoms with Gasteiger partial charge in [0.1, 0.15) is 0 Å². The van der Waals surface area contributed by atoms with Crippen molar-refractivity contribution in [3.05, 3.63) is 107 Å². The van der Waals surface area contributed by atoms with Gasteiger partial charge in [-0.2, -0.15) is 0 Å². The van der Waals surface area contributed by atoms with Crippen molar-refractivity contribution in [1.82, 2.24) is 4.98 Å². The molecule has 0 saturated carbocycles. The monoisotopic (exact) mass is 506 g/mol. The molecule has 7 heteroatoms. The quantitative estimate of drug-likeness (QED) is 0.246. The van der Waals surface area contributed by atoms with E-state index in [0.717, 1.165) is 16.5 Å². The number of carbonyl (C=O) groups is 2. The van der Waals surface area contributed by atoms with E-state index in [1.165, 1.54) is 12.0 Å². The smallest absolute Gasteiger partial charge is 0.294 e. The number of para-hydroxylation sites is 2.